The molecule has 0 saturated carbocycles. The van der Waals surface area contributed by atoms with Crippen LogP contribution in [-0.2, 0) is 0 Å². The van der Waals surface area contributed by atoms with Gasteiger partial charge in [0.15, 0.2) is 0 Å². The minimum Gasteiger partial charge on any atom is -0.322 e. The van der Waals surface area contributed by atoms with E-state index >= 15 is 0 Å². The predicted molar refractivity (Wildman–Crippen MR) is 72.7 cm³/mol. The molecule has 0 spiro atoms. The molecule has 0 radical (unpaired) electrons. The van der Waals surface area contributed by atoms with Crippen molar-refractivity contribution in [3.8, 4) is 0 Å². The number of nitrogens with two attached hydrogens (primary N) is 1. The summed E-state index contributed by atoms with van der Waals surface area (Å²) in [7, 11) is 2.11. The second-order valence-electron chi connectivity index (χ2n) is 5.02. The zero-order valence-electron chi connectivity index (χ0n) is 11.6. The average molecular weight is 253 g/mol. The van der Waals surface area contributed by atoms with E-state index in [0.29, 0.717) is 5.92 Å². The molecule has 1 aromatic rings. The average Bonchev–Trinajstić information content (AvgIpc) is 2.36. The van der Waals surface area contributed by atoms with Gasteiger partial charge in [0.2, 0.25) is 0 Å². The summed E-state index contributed by atoms with van der Waals surface area (Å²) in [6, 6.07) is 2.94. The monoisotopic (exact) mass is 253 g/mol. The van der Waals surface area contributed by atoms with E-state index in [4.69, 9.17) is 5.73 Å². The van der Waals surface area contributed by atoms with Crippen molar-refractivity contribution in [2.24, 2.45) is 11.7 Å². The summed E-state index contributed by atoms with van der Waals surface area (Å²) >= 11 is 0. The van der Waals surface area contributed by atoms with Crippen molar-refractivity contribution in [3.05, 3.63) is 29.8 Å². The first-order chi connectivity index (χ1) is 8.54. The molecular formula is C14H24FN3. The van der Waals surface area contributed by atoms with E-state index in [0.717, 1.165) is 18.8 Å². The van der Waals surface area contributed by atoms with Crippen molar-refractivity contribution in [3.63, 3.8) is 0 Å². The fourth-order valence-electron chi connectivity index (χ4n) is 2.00. The standard InChI is InChI=1S/C14H24FN3/c1-4-5-8-18(3)10-11(2)14(16)13-7-6-12(15)9-17-13/h6-7,9,11,14H,4-5,8,10,16H2,1-3H3. The van der Waals surface area contributed by atoms with Gasteiger partial charge < -0.3 is 10.6 Å². The van der Waals surface area contributed by atoms with Gasteiger partial charge in [0.25, 0.3) is 0 Å². The van der Waals surface area contributed by atoms with Gasteiger partial charge in [-0.15, -0.1) is 0 Å². The Labute approximate surface area is 109 Å². The Kier molecular flexibility index (Phi) is 6.22. The second-order valence-corrected chi connectivity index (χ2v) is 5.02. The molecule has 0 aliphatic heterocycles. The number of pyridine rings is 1. The first kappa shape index (κ1) is 15.1. The smallest absolute Gasteiger partial charge is 0.141 e. The summed E-state index contributed by atoms with van der Waals surface area (Å²) < 4.78 is 12.8. The molecule has 4 heteroatoms. The molecule has 2 N–H and O–H groups in total. The van der Waals surface area contributed by atoms with Gasteiger partial charge in [0.1, 0.15) is 5.82 Å². The zero-order chi connectivity index (χ0) is 13.5. The van der Waals surface area contributed by atoms with Crippen LogP contribution in [0.4, 0.5) is 4.39 Å². The van der Waals surface area contributed by atoms with Crippen LogP contribution in [0.3, 0.4) is 0 Å². The van der Waals surface area contributed by atoms with Crippen LogP contribution in [0.2, 0.25) is 0 Å². The quantitative estimate of drug-likeness (QED) is 0.812. The van der Waals surface area contributed by atoms with E-state index in [1.54, 1.807) is 6.07 Å². The van der Waals surface area contributed by atoms with E-state index < -0.39 is 0 Å². The van der Waals surface area contributed by atoms with Crippen LogP contribution in [0.25, 0.3) is 0 Å². The Balaban J connectivity index is 2.50. The van der Waals surface area contributed by atoms with Crippen molar-refractivity contribution in [1.82, 2.24) is 9.88 Å². The summed E-state index contributed by atoms with van der Waals surface area (Å²) in [6.07, 6.45) is 3.63. The summed E-state index contributed by atoms with van der Waals surface area (Å²) in [4.78, 5) is 6.34. The highest BCUT2D eigenvalue weighted by Gasteiger charge is 2.17. The molecule has 0 aliphatic carbocycles. The van der Waals surface area contributed by atoms with Crippen LogP contribution < -0.4 is 5.73 Å². The van der Waals surface area contributed by atoms with Gasteiger partial charge in [-0.25, -0.2) is 4.39 Å². The van der Waals surface area contributed by atoms with Crippen LogP contribution in [-0.4, -0.2) is 30.0 Å². The summed E-state index contributed by atoms with van der Waals surface area (Å²) in [5.74, 6) is -0.0246. The van der Waals surface area contributed by atoms with Gasteiger partial charge in [-0.05, 0) is 38.1 Å². The van der Waals surface area contributed by atoms with Crippen molar-refractivity contribution in [2.45, 2.75) is 32.7 Å². The first-order valence-corrected chi connectivity index (χ1v) is 6.60. The normalized spacial score (nSPS) is 14.8. The topological polar surface area (TPSA) is 42.1 Å². The molecular weight excluding hydrogens is 229 g/mol. The molecule has 2 atom stereocenters. The van der Waals surface area contributed by atoms with E-state index in [1.807, 2.05) is 0 Å². The molecule has 18 heavy (non-hydrogen) atoms. The molecule has 1 rings (SSSR count). The second kappa shape index (κ2) is 7.44. The number of rotatable bonds is 7. The lowest BCUT2D eigenvalue weighted by Gasteiger charge is -2.25. The Morgan fingerprint density at radius 2 is 2.17 bits per heavy atom. The van der Waals surface area contributed by atoms with E-state index in [9.17, 15) is 4.39 Å². The van der Waals surface area contributed by atoms with Gasteiger partial charge in [-0.1, -0.05) is 20.3 Å². The van der Waals surface area contributed by atoms with Gasteiger partial charge in [0, 0.05) is 6.54 Å². The van der Waals surface area contributed by atoms with Gasteiger partial charge in [-0.3, -0.25) is 4.98 Å². The van der Waals surface area contributed by atoms with Crippen molar-refractivity contribution < 1.29 is 4.39 Å². The maximum atomic E-state index is 12.8. The van der Waals surface area contributed by atoms with Crippen LogP contribution in [0.1, 0.15) is 38.4 Å². The number of aromatic nitrogens is 1. The lowest BCUT2D eigenvalue weighted by Crippen LogP contribution is -2.32. The molecule has 1 aromatic heterocycles. The summed E-state index contributed by atoms with van der Waals surface area (Å²) in [6.45, 7) is 6.31. The van der Waals surface area contributed by atoms with Crippen LogP contribution in [0.5, 0.6) is 0 Å². The first-order valence-electron chi connectivity index (χ1n) is 6.60. The number of halogens is 1. The molecule has 3 nitrogen and oxygen atoms in total. The van der Waals surface area contributed by atoms with Gasteiger partial charge in [0.05, 0.1) is 17.9 Å². The Bertz CT molecular complexity index is 339. The number of hydrogen-bond donors (Lipinski definition) is 1. The largest absolute Gasteiger partial charge is 0.322 e. The van der Waals surface area contributed by atoms with Crippen LogP contribution in [0.15, 0.2) is 18.3 Å². The highest BCUT2D eigenvalue weighted by molar-refractivity contribution is 5.10. The van der Waals surface area contributed by atoms with E-state index in [2.05, 4.69) is 30.8 Å². The van der Waals surface area contributed by atoms with Crippen LogP contribution in [0, 0.1) is 11.7 Å². The fourth-order valence-corrected chi connectivity index (χ4v) is 2.00. The van der Waals surface area contributed by atoms with Crippen LogP contribution >= 0.6 is 0 Å². The number of hydrogen-bond acceptors (Lipinski definition) is 3. The summed E-state index contributed by atoms with van der Waals surface area (Å²) in [5, 5.41) is 0. The SMILES string of the molecule is CCCCN(C)CC(C)C(N)c1ccc(F)cn1. The maximum Gasteiger partial charge on any atom is 0.141 e. The molecule has 102 valence electrons. The molecule has 1 heterocycles. The van der Waals surface area contributed by atoms with E-state index in [-0.39, 0.29) is 11.9 Å². The molecule has 0 fully saturated rings. The fraction of sp³-hybridized carbons (Fsp3) is 0.643. The highest BCUT2D eigenvalue weighted by atomic mass is 19.1. The van der Waals surface area contributed by atoms with Gasteiger partial charge >= 0.3 is 0 Å². The number of unbranched alkanes of at least 4 members (excludes halogenated alkanes) is 1. The molecule has 0 saturated heterocycles. The maximum absolute atomic E-state index is 12.8. The molecule has 0 aromatic carbocycles. The predicted octanol–water partition coefficient (Wildman–Crippen LogP) is 2.59. The molecule has 0 aliphatic rings. The third kappa shape index (κ3) is 4.70. The van der Waals surface area contributed by atoms with Gasteiger partial charge in [-0.2, -0.15) is 0 Å². The lowest BCUT2D eigenvalue weighted by molar-refractivity contribution is 0.260. The lowest BCUT2D eigenvalue weighted by atomic mass is 9.98. The minimum absolute atomic E-state index is 0.144. The third-order valence-electron chi connectivity index (χ3n) is 3.20. The highest BCUT2D eigenvalue weighted by Crippen LogP contribution is 2.18. The van der Waals surface area contributed by atoms with Crippen molar-refractivity contribution >= 4 is 0 Å². The number of nitrogens with zero attached hydrogens (tertiary/aromatic N) is 2. The Hall–Kier alpha value is -1.00. The minimum atomic E-state index is -0.321. The van der Waals surface area contributed by atoms with E-state index in [1.165, 1.54) is 25.1 Å². The zero-order valence-corrected chi connectivity index (χ0v) is 11.6. The Morgan fingerprint density at radius 1 is 1.44 bits per heavy atom. The molecule has 0 amide bonds. The van der Waals surface area contributed by atoms with Crippen molar-refractivity contribution in [1.29, 1.82) is 0 Å². The van der Waals surface area contributed by atoms with Crippen molar-refractivity contribution in [2.75, 3.05) is 20.1 Å². The summed E-state index contributed by atoms with van der Waals surface area (Å²) in [5.41, 5.74) is 6.91. The molecule has 2 unspecified atom stereocenters. The molecule has 0 bridgehead atoms. The third-order valence-corrected chi connectivity index (χ3v) is 3.20. The Morgan fingerprint density at radius 3 is 2.72 bits per heavy atom.